The summed E-state index contributed by atoms with van der Waals surface area (Å²) in [6.45, 7) is 0. The van der Waals surface area contributed by atoms with Gasteiger partial charge < -0.3 is 5.11 Å². The minimum atomic E-state index is -0.349. The van der Waals surface area contributed by atoms with E-state index in [0.29, 0.717) is 5.75 Å². The van der Waals surface area contributed by atoms with Crippen molar-refractivity contribution in [2.45, 2.75) is 5.41 Å². The van der Waals surface area contributed by atoms with Crippen LogP contribution >= 0.6 is 0 Å². The molecule has 2 aliphatic carbocycles. The summed E-state index contributed by atoms with van der Waals surface area (Å²) < 4.78 is 0. The van der Waals surface area contributed by atoms with Gasteiger partial charge in [0.15, 0.2) is 0 Å². The fourth-order valence-electron chi connectivity index (χ4n) is 5.08. The first-order valence-corrected chi connectivity index (χ1v) is 8.94. The summed E-state index contributed by atoms with van der Waals surface area (Å²) in [6, 6.07) is 31.8. The van der Waals surface area contributed by atoms with Gasteiger partial charge in [-0.3, -0.25) is 0 Å². The molecule has 0 fully saturated rings. The molecule has 6 rings (SSSR count). The maximum atomic E-state index is 10.3. The molecule has 1 N–H and O–H groups in total. The van der Waals surface area contributed by atoms with E-state index in [9.17, 15) is 5.11 Å². The zero-order chi connectivity index (χ0) is 17.3. The van der Waals surface area contributed by atoms with Crippen molar-refractivity contribution in [1.82, 2.24) is 0 Å². The van der Waals surface area contributed by atoms with Crippen molar-refractivity contribution in [2.24, 2.45) is 0 Å². The molecule has 0 atom stereocenters. The third-order valence-corrected chi connectivity index (χ3v) is 5.98. The lowest BCUT2D eigenvalue weighted by atomic mass is 9.70. The number of hydrogen-bond acceptors (Lipinski definition) is 1. The SMILES string of the molecule is Oc1ccc2c(c1)C1(c3ccccc3-c3ccccc31)c1ccccc1-2. The van der Waals surface area contributed by atoms with E-state index in [0.717, 1.165) is 0 Å². The molecule has 0 aromatic heterocycles. The molecule has 0 heterocycles. The smallest absolute Gasteiger partial charge is 0.115 e. The maximum absolute atomic E-state index is 10.3. The van der Waals surface area contributed by atoms with Crippen LogP contribution in [0.25, 0.3) is 22.3 Å². The standard InChI is InChI=1S/C25H16O/c26-16-13-14-20-19-9-3-6-12-23(19)25(24(20)15-16)21-10-4-1-7-17(21)18-8-2-5-11-22(18)25/h1-15,26H. The van der Waals surface area contributed by atoms with Gasteiger partial charge in [0.05, 0.1) is 5.41 Å². The Morgan fingerprint density at radius 1 is 0.462 bits per heavy atom. The van der Waals surface area contributed by atoms with Crippen molar-refractivity contribution in [3.05, 3.63) is 113 Å². The predicted octanol–water partition coefficient (Wildman–Crippen LogP) is 5.74. The molecule has 0 saturated carbocycles. The molecule has 2 aliphatic rings. The molecule has 122 valence electrons. The molecular formula is C25H16O. The Balaban J connectivity index is 1.88. The summed E-state index contributed by atoms with van der Waals surface area (Å²) in [5, 5.41) is 10.3. The molecular weight excluding hydrogens is 316 g/mol. The first kappa shape index (κ1) is 13.9. The second-order valence-corrected chi connectivity index (χ2v) is 7.12. The van der Waals surface area contributed by atoms with Crippen LogP contribution in [0.15, 0.2) is 91.0 Å². The lowest BCUT2D eigenvalue weighted by Gasteiger charge is -2.30. The Kier molecular flexibility index (Phi) is 2.49. The van der Waals surface area contributed by atoms with Crippen molar-refractivity contribution >= 4 is 0 Å². The monoisotopic (exact) mass is 332 g/mol. The summed E-state index contributed by atoms with van der Waals surface area (Å²) in [7, 11) is 0. The first-order valence-electron chi connectivity index (χ1n) is 8.94. The van der Waals surface area contributed by atoms with Crippen molar-refractivity contribution in [2.75, 3.05) is 0 Å². The van der Waals surface area contributed by atoms with Gasteiger partial charge in [0.25, 0.3) is 0 Å². The van der Waals surface area contributed by atoms with Gasteiger partial charge in [-0.2, -0.15) is 0 Å². The van der Waals surface area contributed by atoms with Crippen LogP contribution in [-0.2, 0) is 5.41 Å². The molecule has 0 unspecified atom stereocenters. The average Bonchev–Trinajstić information content (AvgIpc) is 3.15. The Bertz CT molecular complexity index is 1140. The lowest BCUT2D eigenvalue weighted by molar-refractivity contribution is 0.474. The van der Waals surface area contributed by atoms with Crippen LogP contribution in [0.1, 0.15) is 22.3 Å². The van der Waals surface area contributed by atoms with E-state index in [4.69, 9.17) is 0 Å². The van der Waals surface area contributed by atoms with Crippen molar-refractivity contribution < 1.29 is 5.11 Å². The molecule has 0 radical (unpaired) electrons. The maximum Gasteiger partial charge on any atom is 0.115 e. The zero-order valence-corrected chi connectivity index (χ0v) is 14.1. The van der Waals surface area contributed by atoms with Crippen LogP contribution < -0.4 is 0 Å². The molecule has 0 aliphatic heterocycles. The van der Waals surface area contributed by atoms with E-state index in [-0.39, 0.29) is 5.41 Å². The first-order chi connectivity index (χ1) is 12.8. The number of aromatic hydroxyl groups is 1. The quantitative estimate of drug-likeness (QED) is 0.376. The van der Waals surface area contributed by atoms with E-state index in [2.05, 4.69) is 78.9 Å². The van der Waals surface area contributed by atoms with Gasteiger partial charge in [-0.25, -0.2) is 0 Å². The lowest BCUT2D eigenvalue weighted by Crippen LogP contribution is -2.25. The van der Waals surface area contributed by atoms with E-state index in [1.165, 1.54) is 44.5 Å². The summed E-state index contributed by atoms with van der Waals surface area (Å²) >= 11 is 0. The molecule has 1 spiro atoms. The summed E-state index contributed by atoms with van der Waals surface area (Å²) in [5.74, 6) is 0.317. The zero-order valence-electron chi connectivity index (χ0n) is 14.1. The molecule has 26 heavy (non-hydrogen) atoms. The summed E-state index contributed by atoms with van der Waals surface area (Å²) in [5.41, 5.74) is 9.78. The number of phenolic OH excluding ortho intramolecular Hbond substituents is 1. The van der Waals surface area contributed by atoms with Crippen LogP contribution in [0, 0.1) is 0 Å². The fraction of sp³-hybridized carbons (Fsp3) is 0.0400. The van der Waals surface area contributed by atoms with Gasteiger partial charge in [0.1, 0.15) is 5.75 Å². The molecule has 0 bridgehead atoms. The van der Waals surface area contributed by atoms with E-state index in [1.807, 2.05) is 6.07 Å². The van der Waals surface area contributed by atoms with Crippen LogP contribution in [0.5, 0.6) is 5.75 Å². The van der Waals surface area contributed by atoms with Crippen molar-refractivity contribution in [1.29, 1.82) is 0 Å². The summed E-state index contributed by atoms with van der Waals surface area (Å²) in [4.78, 5) is 0. The van der Waals surface area contributed by atoms with Gasteiger partial charge in [0, 0.05) is 0 Å². The summed E-state index contributed by atoms with van der Waals surface area (Å²) in [6.07, 6.45) is 0. The Morgan fingerprint density at radius 3 is 1.38 bits per heavy atom. The second kappa shape index (κ2) is 4.64. The highest BCUT2D eigenvalue weighted by Crippen LogP contribution is 2.62. The van der Waals surface area contributed by atoms with Crippen LogP contribution in [-0.4, -0.2) is 5.11 Å². The highest BCUT2D eigenvalue weighted by Gasteiger charge is 2.51. The molecule has 1 nitrogen and oxygen atoms in total. The van der Waals surface area contributed by atoms with Gasteiger partial charge in [-0.15, -0.1) is 0 Å². The Morgan fingerprint density at radius 2 is 0.885 bits per heavy atom. The van der Waals surface area contributed by atoms with Gasteiger partial charge in [-0.1, -0.05) is 78.9 Å². The minimum Gasteiger partial charge on any atom is -0.508 e. The fourth-order valence-corrected chi connectivity index (χ4v) is 5.08. The van der Waals surface area contributed by atoms with Gasteiger partial charge in [0.2, 0.25) is 0 Å². The van der Waals surface area contributed by atoms with Crippen LogP contribution in [0.4, 0.5) is 0 Å². The van der Waals surface area contributed by atoms with E-state index < -0.39 is 0 Å². The van der Waals surface area contributed by atoms with E-state index in [1.54, 1.807) is 6.07 Å². The highest BCUT2D eigenvalue weighted by atomic mass is 16.3. The normalized spacial score (nSPS) is 14.6. The largest absolute Gasteiger partial charge is 0.508 e. The van der Waals surface area contributed by atoms with Crippen molar-refractivity contribution in [3.8, 4) is 28.0 Å². The molecule has 4 aromatic carbocycles. The molecule has 4 aromatic rings. The number of benzene rings is 4. The van der Waals surface area contributed by atoms with Gasteiger partial charge in [-0.05, 0) is 56.6 Å². The molecule has 0 saturated heterocycles. The van der Waals surface area contributed by atoms with Gasteiger partial charge >= 0.3 is 0 Å². The number of phenols is 1. The third kappa shape index (κ3) is 1.44. The second-order valence-electron chi connectivity index (χ2n) is 7.12. The third-order valence-electron chi connectivity index (χ3n) is 5.98. The Hall–Kier alpha value is -3.32. The van der Waals surface area contributed by atoms with Crippen molar-refractivity contribution in [3.63, 3.8) is 0 Å². The number of fused-ring (bicyclic) bond motifs is 10. The Labute approximate surface area is 152 Å². The van der Waals surface area contributed by atoms with Crippen LogP contribution in [0.3, 0.4) is 0 Å². The highest BCUT2D eigenvalue weighted by molar-refractivity contribution is 5.95. The number of hydrogen-bond donors (Lipinski definition) is 1. The topological polar surface area (TPSA) is 20.2 Å². The van der Waals surface area contributed by atoms with Crippen LogP contribution in [0.2, 0.25) is 0 Å². The number of rotatable bonds is 0. The van der Waals surface area contributed by atoms with E-state index >= 15 is 0 Å². The predicted molar refractivity (Wildman–Crippen MR) is 104 cm³/mol. The average molecular weight is 332 g/mol. The molecule has 1 heteroatoms. The molecule has 0 amide bonds. The minimum absolute atomic E-state index is 0.317.